The number of hydrogen-bond acceptors (Lipinski definition) is 6. The Morgan fingerprint density at radius 2 is 1.88 bits per heavy atom. The molecule has 0 saturated heterocycles. The van der Waals surface area contributed by atoms with Crippen molar-refractivity contribution in [1.29, 1.82) is 0 Å². The standard InChI is InChI=1S/C18H17N5O2S/c1-12(24)23(2)10-13-6-3-4-7-14(13)21-17(25)15-11-26-18(22-15)16-19-8-5-9-20-16/h3-9,11H,10H2,1-2H3,(H,21,25). The summed E-state index contributed by atoms with van der Waals surface area (Å²) in [4.78, 5) is 38.2. The second kappa shape index (κ2) is 7.83. The number of nitrogens with one attached hydrogen (secondary N) is 1. The van der Waals surface area contributed by atoms with Crippen molar-refractivity contribution in [3.8, 4) is 10.8 Å². The van der Waals surface area contributed by atoms with Crippen LogP contribution in [0.3, 0.4) is 0 Å². The van der Waals surface area contributed by atoms with Gasteiger partial charge in [0.1, 0.15) is 5.69 Å². The summed E-state index contributed by atoms with van der Waals surface area (Å²) < 4.78 is 0. The fourth-order valence-electron chi connectivity index (χ4n) is 2.22. The molecule has 132 valence electrons. The van der Waals surface area contributed by atoms with Crippen molar-refractivity contribution in [1.82, 2.24) is 19.9 Å². The highest BCUT2D eigenvalue weighted by atomic mass is 32.1. The van der Waals surface area contributed by atoms with Crippen LogP contribution in [-0.4, -0.2) is 38.7 Å². The summed E-state index contributed by atoms with van der Waals surface area (Å²) in [6.07, 6.45) is 3.26. The van der Waals surface area contributed by atoms with E-state index in [0.29, 0.717) is 28.8 Å². The average Bonchev–Trinajstić information content (AvgIpc) is 3.14. The van der Waals surface area contributed by atoms with Crippen molar-refractivity contribution in [3.05, 3.63) is 59.4 Å². The van der Waals surface area contributed by atoms with E-state index in [2.05, 4.69) is 20.3 Å². The van der Waals surface area contributed by atoms with Crippen LogP contribution in [0, 0.1) is 0 Å². The van der Waals surface area contributed by atoms with Gasteiger partial charge in [-0.3, -0.25) is 9.59 Å². The first-order valence-electron chi connectivity index (χ1n) is 7.88. The van der Waals surface area contributed by atoms with E-state index in [0.717, 1.165) is 5.56 Å². The average molecular weight is 367 g/mol. The van der Waals surface area contributed by atoms with Crippen LogP contribution in [-0.2, 0) is 11.3 Å². The number of rotatable bonds is 5. The number of aromatic nitrogens is 3. The topological polar surface area (TPSA) is 88.1 Å². The molecule has 2 heterocycles. The number of para-hydroxylation sites is 1. The first-order valence-corrected chi connectivity index (χ1v) is 8.76. The lowest BCUT2D eigenvalue weighted by Gasteiger charge is -2.17. The Morgan fingerprint density at radius 1 is 1.15 bits per heavy atom. The number of amides is 2. The summed E-state index contributed by atoms with van der Waals surface area (Å²) in [5.74, 6) is 0.125. The fraction of sp³-hybridized carbons (Fsp3) is 0.167. The van der Waals surface area contributed by atoms with Gasteiger partial charge in [0.15, 0.2) is 10.8 Å². The molecule has 0 aliphatic rings. The van der Waals surface area contributed by atoms with Crippen LogP contribution in [0.4, 0.5) is 5.69 Å². The maximum absolute atomic E-state index is 12.5. The Labute approximate surface area is 154 Å². The first-order chi connectivity index (χ1) is 12.5. The molecular weight excluding hydrogens is 350 g/mol. The van der Waals surface area contributed by atoms with Crippen molar-refractivity contribution in [2.24, 2.45) is 0 Å². The fourth-order valence-corrected chi connectivity index (χ4v) is 2.97. The van der Waals surface area contributed by atoms with E-state index in [4.69, 9.17) is 0 Å². The zero-order chi connectivity index (χ0) is 18.5. The number of anilines is 1. The van der Waals surface area contributed by atoms with Crippen LogP contribution >= 0.6 is 11.3 Å². The second-order valence-electron chi connectivity index (χ2n) is 5.60. The zero-order valence-corrected chi connectivity index (χ0v) is 15.2. The molecular formula is C18H17N5O2S. The molecule has 0 aliphatic carbocycles. The Balaban J connectivity index is 1.77. The monoisotopic (exact) mass is 367 g/mol. The lowest BCUT2D eigenvalue weighted by molar-refractivity contribution is -0.128. The van der Waals surface area contributed by atoms with Gasteiger partial charge < -0.3 is 10.2 Å². The number of thiazole rings is 1. The van der Waals surface area contributed by atoms with E-state index < -0.39 is 0 Å². The molecule has 0 radical (unpaired) electrons. The second-order valence-corrected chi connectivity index (χ2v) is 6.45. The molecule has 2 amide bonds. The van der Waals surface area contributed by atoms with Crippen LogP contribution in [0.1, 0.15) is 23.0 Å². The van der Waals surface area contributed by atoms with Gasteiger partial charge in [0.2, 0.25) is 5.91 Å². The zero-order valence-electron chi connectivity index (χ0n) is 14.3. The van der Waals surface area contributed by atoms with Crippen LogP contribution in [0.2, 0.25) is 0 Å². The summed E-state index contributed by atoms with van der Waals surface area (Å²) in [6, 6.07) is 9.09. The third-order valence-electron chi connectivity index (χ3n) is 3.70. The van der Waals surface area contributed by atoms with E-state index in [1.165, 1.54) is 18.3 Å². The summed E-state index contributed by atoms with van der Waals surface area (Å²) in [6.45, 7) is 1.91. The van der Waals surface area contributed by atoms with Gasteiger partial charge in [-0.2, -0.15) is 0 Å². The molecule has 26 heavy (non-hydrogen) atoms. The molecule has 0 spiro atoms. The Bertz CT molecular complexity index is 926. The van der Waals surface area contributed by atoms with E-state index in [-0.39, 0.29) is 11.8 Å². The highest BCUT2D eigenvalue weighted by Gasteiger charge is 2.15. The third kappa shape index (κ3) is 4.09. The van der Waals surface area contributed by atoms with Crippen LogP contribution in [0.25, 0.3) is 10.8 Å². The molecule has 0 saturated carbocycles. The largest absolute Gasteiger partial charge is 0.342 e. The minimum Gasteiger partial charge on any atom is -0.342 e. The molecule has 8 heteroatoms. The molecule has 7 nitrogen and oxygen atoms in total. The highest BCUT2D eigenvalue weighted by Crippen LogP contribution is 2.22. The van der Waals surface area contributed by atoms with Gasteiger partial charge in [0, 0.05) is 44.0 Å². The van der Waals surface area contributed by atoms with Crippen molar-refractivity contribution in [2.75, 3.05) is 12.4 Å². The molecule has 2 aromatic heterocycles. The van der Waals surface area contributed by atoms with Gasteiger partial charge in [0.25, 0.3) is 5.91 Å². The summed E-state index contributed by atoms with van der Waals surface area (Å²) >= 11 is 1.31. The molecule has 0 unspecified atom stereocenters. The van der Waals surface area contributed by atoms with Gasteiger partial charge in [0.05, 0.1) is 0 Å². The number of carbonyl (C=O) groups is 2. The van der Waals surface area contributed by atoms with Crippen molar-refractivity contribution >= 4 is 28.8 Å². The van der Waals surface area contributed by atoms with E-state index in [9.17, 15) is 9.59 Å². The van der Waals surface area contributed by atoms with Crippen LogP contribution in [0.5, 0.6) is 0 Å². The quantitative estimate of drug-likeness (QED) is 0.749. The molecule has 1 N–H and O–H groups in total. The normalized spacial score (nSPS) is 10.4. The Kier molecular flexibility index (Phi) is 5.33. The third-order valence-corrected chi connectivity index (χ3v) is 4.54. The molecule has 3 rings (SSSR count). The van der Waals surface area contributed by atoms with Crippen LogP contribution < -0.4 is 5.32 Å². The molecule has 0 bridgehead atoms. The summed E-state index contributed by atoms with van der Waals surface area (Å²) in [7, 11) is 1.72. The SMILES string of the molecule is CC(=O)N(C)Cc1ccccc1NC(=O)c1csc(-c2ncccn2)n1. The molecule has 3 aromatic rings. The Hall–Kier alpha value is -3.13. The van der Waals surface area contributed by atoms with Gasteiger partial charge in [-0.05, 0) is 17.7 Å². The number of hydrogen-bond donors (Lipinski definition) is 1. The van der Waals surface area contributed by atoms with Crippen molar-refractivity contribution < 1.29 is 9.59 Å². The Morgan fingerprint density at radius 3 is 2.62 bits per heavy atom. The summed E-state index contributed by atoms with van der Waals surface area (Å²) in [5.41, 5.74) is 1.80. The summed E-state index contributed by atoms with van der Waals surface area (Å²) in [5, 5.41) is 5.12. The maximum Gasteiger partial charge on any atom is 0.275 e. The smallest absolute Gasteiger partial charge is 0.275 e. The van der Waals surface area contributed by atoms with E-state index in [1.807, 2.05) is 18.2 Å². The van der Waals surface area contributed by atoms with Crippen LogP contribution in [0.15, 0.2) is 48.1 Å². The van der Waals surface area contributed by atoms with Gasteiger partial charge in [-0.25, -0.2) is 15.0 Å². The van der Waals surface area contributed by atoms with Gasteiger partial charge >= 0.3 is 0 Å². The molecule has 0 atom stereocenters. The molecule has 1 aromatic carbocycles. The van der Waals surface area contributed by atoms with E-state index in [1.54, 1.807) is 41.9 Å². The number of benzene rings is 1. The number of nitrogens with zero attached hydrogens (tertiary/aromatic N) is 4. The minimum absolute atomic E-state index is 0.0434. The minimum atomic E-state index is -0.318. The number of carbonyl (C=O) groups excluding carboxylic acids is 2. The maximum atomic E-state index is 12.5. The predicted molar refractivity (Wildman–Crippen MR) is 99.7 cm³/mol. The molecule has 0 aliphatic heterocycles. The highest BCUT2D eigenvalue weighted by molar-refractivity contribution is 7.13. The van der Waals surface area contributed by atoms with E-state index >= 15 is 0 Å². The van der Waals surface area contributed by atoms with Gasteiger partial charge in [-0.15, -0.1) is 11.3 Å². The van der Waals surface area contributed by atoms with Crippen molar-refractivity contribution in [2.45, 2.75) is 13.5 Å². The predicted octanol–water partition coefficient (Wildman–Crippen LogP) is 2.83. The first kappa shape index (κ1) is 17.7. The van der Waals surface area contributed by atoms with Crippen molar-refractivity contribution in [3.63, 3.8) is 0 Å². The molecule has 0 fully saturated rings. The lowest BCUT2D eigenvalue weighted by atomic mass is 10.1. The lowest BCUT2D eigenvalue weighted by Crippen LogP contribution is -2.24. The van der Waals surface area contributed by atoms with Gasteiger partial charge in [-0.1, -0.05) is 18.2 Å².